The third-order valence-electron chi connectivity index (χ3n) is 4.70. The fourth-order valence-corrected chi connectivity index (χ4v) is 6.30. The molecule has 0 aliphatic rings. The van der Waals surface area contributed by atoms with Crippen molar-refractivity contribution in [3.05, 3.63) is 78.9 Å². The first-order chi connectivity index (χ1) is 14.4. The quantitative estimate of drug-likeness (QED) is 0.512. The number of benzene rings is 3. The monoisotopic (exact) mass is 425 g/mol. The van der Waals surface area contributed by atoms with Crippen molar-refractivity contribution < 1.29 is 29.3 Å². The molecule has 0 spiro atoms. The maximum absolute atomic E-state index is 10.7. The van der Waals surface area contributed by atoms with Crippen LogP contribution >= 0.6 is 7.26 Å². The number of carbonyl (C=O) groups is 2. The predicted octanol–water partition coefficient (Wildman–Crippen LogP) is 2.54. The summed E-state index contributed by atoms with van der Waals surface area (Å²) in [7, 11) is -1.99. The van der Waals surface area contributed by atoms with E-state index < -0.39 is 19.2 Å². The van der Waals surface area contributed by atoms with Crippen LogP contribution in [0, 0.1) is 0 Å². The van der Waals surface area contributed by atoms with Crippen molar-refractivity contribution in [3.63, 3.8) is 0 Å². The molecule has 0 unspecified atom stereocenters. The van der Waals surface area contributed by atoms with Gasteiger partial charge in [-0.25, -0.2) is 9.59 Å². The maximum atomic E-state index is 10.7. The van der Waals surface area contributed by atoms with Crippen molar-refractivity contribution in [1.82, 2.24) is 0 Å². The molecule has 0 aromatic heterocycles. The molecule has 0 aliphatic heterocycles. The molecule has 0 heterocycles. The first-order valence-electron chi connectivity index (χ1n) is 9.22. The van der Waals surface area contributed by atoms with Crippen LogP contribution in [0.4, 0.5) is 0 Å². The van der Waals surface area contributed by atoms with Gasteiger partial charge in [-0.1, -0.05) is 18.2 Å². The van der Waals surface area contributed by atoms with Crippen LogP contribution in [0.25, 0.3) is 0 Å². The van der Waals surface area contributed by atoms with Gasteiger partial charge >= 0.3 is 11.9 Å². The molecule has 154 valence electrons. The average Bonchev–Trinajstić information content (AvgIpc) is 2.77. The molecule has 0 fully saturated rings. The van der Waals surface area contributed by atoms with Crippen molar-refractivity contribution in [1.29, 1.82) is 0 Å². The molecule has 30 heavy (non-hydrogen) atoms. The normalized spacial score (nSPS) is 11.0. The Kier molecular flexibility index (Phi) is 6.70. The number of ether oxygens (including phenoxy) is 2. The van der Waals surface area contributed by atoms with Crippen LogP contribution in [0.3, 0.4) is 0 Å². The van der Waals surface area contributed by atoms with Crippen molar-refractivity contribution in [2.75, 3.05) is 19.9 Å². The Morgan fingerprint density at radius 1 is 0.667 bits per heavy atom. The zero-order valence-electron chi connectivity index (χ0n) is 16.4. The highest BCUT2D eigenvalue weighted by Crippen LogP contribution is 2.51. The molecule has 3 aromatic rings. The summed E-state index contributed by atoms with van der Waals surface area (Å²) >= 11 is 0. The molecule has 0 radical (unpaired) electrons. The lowest BCUT2D eigenvalue weighted by Gasteiger charge is -2.23. The highest BCUT2D eigenvalue weighted by molar-refractivity contribution is 7.95. The molecule has 7 heteroatoms. The summed E-state index contributed by atoms with van der Waals surface area (Å²) in [6.45, 7) is 1.44. The van der Waals surface area contributed by atoms with Gasteiger partial charge in [0.15, 0.2) is 13.2 Å². The van der Waals surface area contributed by atoms with Gasteiger partial charge in [0.05, 0.1) is 6.66 Å². The molecule has 0 atom stereocenters. The Morgan fingerprint density at radius 3 is 1.40 bits per heavy atom. The first-order valence-corrected chi connectivity index (χ1v) is 11.5. The minimum absolute atomic E-state index is 0.387. The van der Waals surface area contributed by atoms with Gasteiger partial charge in [-0.2, -0.15) is 0 Å². The van der Waals surface area contributed by atoms with Crippen LogP contribution in [0.2, 0.25) is 0 Å². The number of aliphatic carboxylic acids is 2. The molecule has 0 saturated heterocycles. The van der Waals surface area contributed by atoms with E-state index in [-0.39, 0.29) is 13.2 Å². The van der Waals surface area contributed by atoms with Crippen molar-refractivity contribution in [2.45, 2.75) is 0 Å². The molecule has 0 amide bonds. The third-order valence-corrected chi connectivity index (χ3v) is 8.70. The van der Waals surface area contributed by atoms with Crippen molar-refractivity contribution in [2.24, 2.45) is 0 Å². The zero-order chi connectivity index (χ0) is 21.6. The number of hydrogen-bond donors (Lipinski definition) is 2. The van der Waals surface area contributed by atoms with Crippen molar-refractivity contribution >= 4 is 35.1 Å². The molecule has 3 rings (SSSR count). The van der Waals surface area contributed by atoms with Gasteiger partial charge in [0, 0.05) is 0 Å². The van der Waals surface area contributed by atoms with Gasteiger partial charge in [0.25, 0.3) is 0 Å². The second kappa shape index (κ2) is 9.42. The second-order valence-electron chi connectivity index (χ2n) is 6.69. The van der Waals surface area contributed by atoms with Crippen LogP contribution < -0.4 is 25.4 Å². The second-order valence-corrected chi connectivity index (χ2v) is 10.3. The van der Waals surface area contributed by atoms with E-state index in [4.69, 9.17) is 19.7 Å². The average molecular weight is 425 g/mol. The molecular weight excluding hydrogens is 403 g/mol. The van der Waals surface area contributed by atoms with E-state index in [0.29, 0.717) is 11.5 Å². The molecule has 2 N–H and O–H groups in total. The summed E-state index contributed by atoms with van der Waals surface area (Å²) in [6, 6.07) is 25.2. The number of carboxylic acid groups (broad SMARTS) is 2. The van der Waals surface area contributed by atoms with E-state index in [2.05, 4.69) is 18.8 Å². The maximum Gasteiger partial charge on any atom is 0.341 e. The van der Waals surface area contributed by atoms with Gasteiger partial charge in [0.1, 0.15) is 34.7 Å². The molecule has 0 aliphatic carbocycles. The largest absolute Gasteiger partial charge is 0.482 e. The van der Waals surface area contributed by atoms with E-state index in [0.717, 1.165) is 10.6 Å². The Balaban J connectivity index is 1.96. The summed E-state index contributed by atoms with van der Waals surface area (Å²) in [6.07, 6.45) is 0. The van der Waals surface area contributed by atoms with Crippen LogP contribution in [-0.4, -0.2) is 42.0 Å². The van der Waals surface area contributed by atoms with E-state index in [9.17, 15) is 9.59 Å². The smallest absolute Gasteiger partial charge is 0.341 e. The summed E-state index contributed by atoms with van der Waals surface area (Å²) in [4.78, 5) is 21.4. The van der Waals surface area contributed by atoms with Crippen LogP contribution in [-0.2, 0) is 9.59 Å². The van der Waals surface area contributed by atoms with Gasteiger partial charge in [-0.15, -0.1) is 0 Å². The van der Waals surface area contributed by atoms with E-state index >= 15 is 0 Å². The Hall–Kier alpha value is -3.37. The number of carboxylic acids is 2. The summed E-state index contributed by atoms with van der Waals surface area (Å²) in [5.41, 5.74) is 0. The lowest BCUT2D eigenvalue weighted by atomic mass is 10.3. The number of rotatable bonds is 9. The minimum Gasteiger partial charge on any atom is -0.482 e. The topological polar surface area (TPSA) is 93.1 Å². The van der Waals surface area contributed by atoms with Crippen LogP contribution in [0.1, 0.15) is 0 Å². The highest BCUT2D eigenvalue weighted by atomic mass is 31.2. The van der Waals surface area contributed by atoms with Gasteiger partial charge in [-0.05, 0) is 60.7 Å². The summed E-state index contributed by atoms with van der Waals surface area (Å²) in [5, 5.41) is 21.0. The Morgan fingerprint density at radius 2 is 1.03 bits per heavy atom. The van der Waals surface area contributed by atoms with E-state index in [1.54, 1.807) is 24.3 Å². The highest BCUT2D eigenvalue weighted by Gasteiger charge is 2.40. The fourth-order valence-electron chi connectivity index (χ4n) is 3.14. The molecule has 0 bridgehead atoms. The van der Waals surface area contributed by atoms with Crippen molar-refractivity contribution in [3.8, 4) is 11.5 Å². The SMILES string of the molecule is C[P+](c1ccccc1)(c1ccc(OCC(=O)O)cc1)c1ccc(OCC(=O)O)cc1. The summed E-state index contributed by atoms with van der Waals surface area (Å²) < 4.78 is 10.5. The standard InChI is InChI=1S/C23H21O6P/c1-30(19-5-3-2-4-6-19,20-11-7-17(8-12-20)28-15-22(24)25)21-13-9-18(10-14-21)29-16-23(26)27/h2-14H,15-16H2,1H3,(H-,24,25,26,27)/p+1. The lowest BCUT2D eigenvalue weighted by molar-refractivity contribution is -0.140. The van der Waals surface area contributed by atoms with E-state index in [1.807, 2.05) is 42.5 Å². The summed E-state index contributed by atoms with van der Waals surface area (Å²) in [5.74, 6) is -1.05. The molecule has 3 aromatic carbocycles. The van der Waals surface area contributed by atoms with Gasteiger partial charge < -0.3 is 19.7 Å². The molecule has 0 saturated carbocycles. The van der Waals surface area contributed by atoms with Gasteiger partial charge in [0.2, 0.25) is 0 Å². The fraction of sp³-hybridized carbons (Fsp3) is 0.130. The molecule has 6 nitrogen and oxygen atoms in total. The minimum atomic E-state index is -1.99. The third kappa shape index (κ3) is 4.97. The Labute approximate surface area is 175 Å². The Bertz CT molecular complexity index is 939. The zero-order valence-corrected chi connectivity index (χ0v) is 17.3. The lowest BCUT2D eigenvalue weighted by Crippen LogP contribution is -2.30. The molecular formula is C23H22O6P+. The predicted molar refractivity (Wildman–Crippen MR) is 117 cm³/mol. The first kappa shape index (κ1) is 21.3. The van der Waals surface area contributed by atoms with Gasteiger partial charge in [-0.3, -0.25) is 0 Å². The number of hydrogen-bond acceptors (Lipinski definition) is 4. The van der Waals surface area contributed by atoms with Crippen LogP contribution in [0.5, 0.6) is 11.5 Å². The van der Waals surface area contributed by atoms with Crippen LogP contribution in [0.15, 0.2) is 78.9 Å². The van der Waals surface area contributed by atoms with E-state index in [1.165, 1.54) is 5.30 Å².